The lowest BCUT2D eigenvalue weighted by Crippen LogP contribution is -2.36. The molecule has 0 aliphatic rings. The Labute approximate surface area is 102 Å². The highest BCUT2D eigenvalue weighted by atomic mass is 19.1. The molecule has 0 saturated carbocycles. The first-order valence-corrected chi connectivity index (χ1v) is 6.03. The van der Waals surface area contributed by atoms with Gasteiger partial charge in [0, 0.05) is 12.5 Å². The Morgan fingerprint density at radius 2 is 1.82 bits per heavy atom. The zero-order valence-electron chi connectivity index (χ0n) is 10.7. The van der Waals surface area contributed by atoms with Gasteiger partial charge in [0.25, 0.3) is 0 Å². The van der Waals surface area contributed by atoms with Crippen molar-refractivity contribution in [3.63, 3.8) is 0 Å². The number of amides is 1. The van der Waals surface area contributed by atoms with E-state index in [2.05, 4.69) is 19.2 Å². The minimum absolute atomic E-state index is 0.0514. The van der Waals surface area contributed by atoms with Crippen LogP contribution in [0.25, 0.3) is 0 Å². The van der Waals surface area contributed by atoms with E-state index in [9.17, 15) is 9.18 Å². The van der Waals surface area contributed by atoms with Crippen molar-refractivity contribution in [1.29, 1.82) is 0 Å². The third-order valence-electron chi connectivity index (χ3n) is 2.94. The van der Waals surface area contributed by atoms with E-state index in [0.717, 1.165) is 5.56 Å². The van der Waals surface area contributed by atoms with E-state index in [4.69, 9.17) is 0 Å². The topological polar surface area (TPSA) is 29.1 Å². The Morgan fingerprint density at radius 1 is 1.24 bits per heavy atom. The van der Waals surface area contributed by atoms with Crippen molar-refractivity contribution in [2.75, 3.05) is 0 Å². The lowest BCUT2D eigenvalue weighted by Gasteiger charge is -2.17. The molecule has 0 saturated heterocycles. The van der Waals surface area contributed by atoms with Gasteiger partial charge in [-0.2, -0.15) is 0 Å². The standard InChI is InChI=1S/C14H20FNO/c1-10(2)11(3)16-14(17)9-6-12-4-7-13(15)8-5-12/h4-5,7-8,10-11H,6,9H2,1-3H3,(H,16,17)/t11-/m1/s1. The zero-order valence-corrected chi connectivity index (χ0v) is 10.7. The molecule has 94 valence electrons. The lowest BCUT2D eigenvalue weighted by atomic mass is 10.1. The number of nitrogens with one attached hydrogen (secondary N) is 1. The van der Waals surface area contributed by atoms with Gasteiger partial charge in [0.15, 0.2) is 0 Å². The van der Waals surface area contributed by atoms with E-state index >= 15 is 0 Å². The third kappa shape index (κ3) is 4.98. The Balaban J connectivity index is 2.35. The molecular weight excluding hydrogens is 217 g/mol. The van der Waals surface area contributed by atoms with Crippen LogP contribution in [0.3, 0.4) is 0 Å². The van der Waals surface area contributed by atoms with Crippen molar-refractivity contribution < 1.29 is 9.18 Å². The molecule has 0 unspecified atom stereocenters. The monoisotopic (exact) mass is 237 g/mol. The number of benzene rings is 1. The molecule has 2 nitrogen and oxygen atoms in total. The maximum Gasteiger partial charge on any atom is 0.220 e. The number of carbonyl (C=O) groups is 1. The minimum atomic E-state index is -0.244. The summed E-state index contributed by atoms with van der Waals surface area (Å²) in [5, 5.41) is 2.95. The molecule has 1 aromatic rings. The van der Waals surface area contributed by atoms with Crippen LogP contribution in [0.5, 0.6) is 0 Å². The van der Waals surface area contributed by atoms with Crippen LogP contribution >= 0.6 is 0 Å². The molecule has 3 heteroatoms. The normalized spacial score (nSPS) is 12.5. The fraction of sp³-hybridized carbons (Fsp3) is 0.500. The number of aryl methyl sites for hydroxylation is 1. The quantitative estimate of drug-likeness (QED) is 0.838. The van der Waals surface area contributed by atoms with E-state index in [1.807, 2.05) is 6.92 Å². The van der Waals surface area contributed by atoms with Gasteiger partial charge in [-0.3, -0.25) is 4.79 Å². The van der Waals surface area contributed by atoms with Gasteiger partial charge < -0.3 is 5.32 Å². The molecule has 0 radical (unpaired) electrons. The van der Waals surface area contributed by atoms with E-state index in [-0.39, 0.29) is 17.8 Å². The summed E-state index contributed by atoms with van der Waals surface area (Å²) >= 11 is 0. The largest absolute Gasteiger partial charge is 0.353 e. The molecule has 0 aliphatic carbocycles. The maximum atomic E-state index is 12.7. The van der Waals surface area contributed by atoms with Crippen LogP contribution in [0.2, 0.25) is 0 Å². The minimum Gasteiger partial charge on any atom is -0.353 e. The second-order valence-electron chi connectivity index (χ2n) is 4.73. The zero-order chi connectivity index (χ0) is 12.8. The molecule has 1 atom stereocenters. The van der Waals surface area contributed by atoms with E-state index < -0.39 is 0 Å². The Hall–Kier alpha value is -1.38. The lowest BCUT2D eigenvalue weighted by molar-refractivity contribution is -0.121. The highest BCUT2D eigenvalue weighted by Gasteiger charge is 2.10. The van der Waals surface area contributed by atoms with Crippen LogP contribution in [0.1, 0.15) is 32.8 Å². The van der Waals surface area contributed by atoms with Gasteiger partial charge in [0.05, 0.1) is 0 Å². The fourth-order valence-corrected chi connectivity index (χ4v) is 1.40. The van der Waals surface area contributed by atoms with E-state index in [0.29, 0.717) is 18.8 Å². The smallest absolute Gasteiger partial charge is 0.220 e. The van der Waals surface area contributed by atoms with Gasteiger partial charge >= 0.3 is 0 Å². The molecule has 1 amide bonds. The van der Waals surface area contributed by atoms with Crippen LogP contribution < -0.4 is 5.32 Å². The van der Waals surface area contributed by atoms with Crippen LogP contribution in [0.15, 0.2) is 24.3 Å². The predicted molar refractivity (Wildman–Crippen MR) is 67.2 cm³/mol. The SMILES string of the molecule is CC(C)[C@@H](C)NC(=O)CCc1ccc(F)cc1. The van der Waals surface area contributed by atoms with Gasteiger partial charge in [0.2, 0.25) is 5.91 Å². The average molecular weight is 237 g/mol. The molecule has 1 rings (SSSR count). The Kier molecular flexibility index (Phi) is 5.13. The first-order valence-electron chi connectivity index (χ1n) is 6.03. The van der Waals surface area contributed by atoms with Gasteiger partial charge in [-0.15, -0.1) is 0 Å². The highest BCUT2D eigenvalue weighted by molar-refractivity contribution is 5.76. The van der Waals surface area contributed by atoms with Crippen LogP contribution in [-0.4, -0.2) is 11.9 Å². The van der Waals surface area contributed by atoms with Crippen molar-refractivity contribution in [2.24, 2.45) is 5.92 Å². The molecular formula is C14H20FNO. The number of hydrogen-bond acceptors (Lipinski definition) is 1. The van der Waals surface area contributed by atoms with Crippen molar-refractivity contribution in [3.8, 4) is 0 Å². The highest BCUT2D eigenvalue weighted by Crippen LogP contribution is 2.06. The molecule has 0 spiro atoms. The van der Waals surface area contributed by atoms with Gasteiger partial charge in [0.1, 0.15) is 5.82 Å². The summed E-state index contributed by atoms with van der Waals surface area (Å²) in [4.78, 5) is 11.6. The maximum absolute atomic E-state index is 12.7. The third-order valence-corrected chi connectivity index (χ3v) is 2.94. The molecule has 0 heterocycles. The summed E-state index contributed by atoms with van der Waals surface area (Å²) in [5.74, 6) is 0.243. The molecule has 1 N–H and O–H groups in total. The second-order valence-corrected chi connectivity index (χ2v) is 4.73. The summed E-state index contributed by atoms with van der Waals surface area (Å²) in [7, 11) is 0. The van der Waals surface area contributed by atoms with Crippen LogP contribution in [-0.2, 0) is 11.2 Å². The molecule has 0 aromatic heterocycles. The van der Waals surface area contributed by atoms with Crippen molar-refractivity contribution in [1.82, 2.24) is 5.32 Å². The van der Waals surface area contributed by atoms with Gasteiger partial charge in [-0.1, -0.05) is 26.0 Å². The Bertz CT molecular complexity index is 359. The van der Waals surface area contributed by atoms with Gasteiger partial charge in [-0.25, -0.2) is 4.39 Å². The Morgan fingerprint density at radius 3 is 2.35 bits per heavy atom. The fourth-order valence-electron chi connectivity index (χ4n) is 1.40. The number of halogens is 1. The summed E-state index contributed by atoms with van der Waals surface area (Å²) in [6, 6.07) is 6.47. The van der Waals surface area contributed by atoms with Crippen molar-refractivity contribution >= 4 is 5.91 Å². The first-order chi connectivity index (χ1) is 7.99. The summed E-state index contributed by atoms with van der Waals surface area (Å²) < 4.78 is 12.7. The average Bonchev–Trinajstić information content (AvgIpc) is 2.28. The van der Waals surface area contributed by atoms with Crippen LogP contribution in [0.4, 0.5) is 4.39 Å². The molecule has 0 bridgehead atoms. The van der Waals surface area contributed by atoms with E-state index in [1.54, 1.807) is 12.1 Å². The van der Waals surface area contributed by atoms with Gasteiger partial charge in [-0.05, 0) is 37.0 Å². The van der Waals surface area contributed by atoms with E-state index in [1.165, 1.54) is 12.1 Å². The first kappa shape index (κ1) is 13.7. The predicted octanol–water partition coefficient (Wildman–Crippen LogP) is 2.92. The van der Waals surface area contributed by atoms with Crippen LogP contribution in [0, 0.1) is 11.7 Å². The van der Waals surface area contributed by atoms with Crippen molar-refractivity contribution in [3.05, 3.63) is 35.6 Å². The number of rotatable bonds is 5. The second kappa shape index (κ2) is 6.38. The van der Waals surface area contributed by atoms with Crippen molar-refractivity contribution in [2.45, 2.75) is 39.7 Å². The molecule has 1 aromatic carbocycles. The summed E-state index contributed by atoms with van der Waals surface area (Å²) in [5.41, 5.74) is 0.985. The number of carbonyl (C=O) groups excluding carboxylic acids is 1. The number of hydrogen-bond donors (Lipinski definition) is 1. The summed E-state index contributed by atoms with van der Waals surface area (Å²) in [6.45, 7) is 6.15. The molecule has 0 fully saturated rings. The molecule has 0 aliphatic heterocycles. The summed E-state index contributed by atoms with van der Waals surface area (Å²) in [6.07, 6.45) is 1.10. The molecule has 17 heavy (non-hydrogen) atoms.